The minimum Gasteiger partial charge on any atom is -0.455 e. The van der Waals surface area contributed by atoms with Gasteiger partial charge in [-0.2, -0.15) is 5.10 Å². The minimum absolute atomic E-state index is 0.0129. The molecule has 0 unspecified atom stereocenters. The summed E-state index contributed by atoms with van der Waals surface area (Å²) in [6, 6.07) is 10.2. The highest BCUT2D eigenvalue weighted by Crippen LogP contribution is 2.23. The first-order valence-electron chi connectivity index (χ1n) is 7.53. The van der Waals surface area contributed by atoms with Gasteiger partial charge in [-0.25, -0.2) is 33.3 Å². The number of anilines is 1. The number of carbonyl (C=O) groups is 1. The van der Waals surface area contributed by atoms with Crippen molar-refractivity contribution in [2.45, 2.75) is 4.90 Å². The Hall–Kier alpha value is -3.73. The van der Waals surface area contributed by atoms with Crippen LogP contribution in [0.4, 0.5) is 10.7 Å². The van der Waals surface area contributed by atoms with E-state index in [0.29, 0.717) is 17.1 Å². The predicted octanol–water partition coefficient (Wildman–Crippen LogP) is 1.54. The van der Waals surface area contributed by atoms with Gasteiger partial charge in [0.1, 0.15) is 11.5 Å². The van der Waals surface area contributed by atoms with Crippen LogP contribution in [0.15, 0.2) is 69.3 Å². The molecule has 2 aromatic heterocycles. The summed E-state index contributed by atoms with van der Waals surface area (Å²) in [5.41, 5.74) is 7.61. The molecule has 10 nitrogen and oxygen atoms in total. The van der Waals surface area contributed by atoms with E-state index in [0.717, 1.165) is 0 Å². The number of furan rings is 1. The van der Waals surface area contributed by atoms with Gasteiger partial charge in [-0.05, 0) is 42.5 Å². The van der Waals surface area contributed by atoms with Crippen LogP contribution in [0.2, 0.25) is 0 Å². The molecule has 2 heterocycles. The van der Waals surface area contributed by atoms with Gasteiger partial charge in [0.05, 0.1) is 11.1 Å². The minimum atomic E-state index is -3.81. The predicted molar refractivity (Wildman–Crippen MR) is 97.3 cm³/mol. The van der Waals surface area contributed by atoms with Crippen LogP contribution in [-0.4, -0.2) is 30.6 Å². The summed E-state index contributed by atoms with van der Waals surface area (Å²) in [6.45, 7) is 0. The number of benzene rings is 1. The number of aromatic nitrogens is 2. The average molecular weight is 386 g/mol. The first kappa shape index (κ1) is 18.1. The Bertz CT molecular complexity index is 1060. The van der Waals surface area contributed by atoms with Gasteiger partial charge < -0.3 is 10.2 Å². The Morgan fingerprint density at radius 2 is 1.81 bits per heavy atom. The van der Waals surface area contributed by atoms with Gasteiger partial charge in [-0.1, -0.05) is 0 Å². The zero-order chi connectivity index (χ0) is 19.3. The van der Waals surface area contributed by atoms with E-state index in [4.69, 9.17) is 10.2 Å². The Balaban J connectivity index is 1.74. The molecule has 0 aliphatic heterocycles. The molecule has 0 saturated heterocycles. The molecule has 2 amide bonds. The van der Waals surface area contributed by atoms with E-state index < -0.39 is 16.1 Å². The van der Waals surface area contributed by atoms with Crippen LogP contribution in [0.5, 0.6) is 0 Å². The topological polar surface area (TPSA) is 153 Å². The molecule has 1 aromatic carbocycles. The maximum absolute atomic E-state index is 12.4. The maximum atomic E-state index is 12.4. The van der Waals surface area contributed by atoms with Gasteiger partial charge in [0.2, 0.25) is 5.95 Å². The molecular formula is C16H14N6O4S. The van der Waals surface area contributed by atoms with Crippen LogP contribution in [0.3, 0.4) is 0 Å². The fourth-order valence-electron chi connectivity index (χ4n) is 2.07. The third-order valence-electron chi connectivity index (χ3n) is 3.23. The molecular weight excluding hydrogens is 372 g/mol. The highest BCUT2D eigenvalue weighted by atomic mass is 32.2. The van der Waals surface area contributed by atoms with Gasteiger partial charge in [0, 0.05) is 18.0 Å². The summed E-state index contributed by atoms with van der Waals surface area (Å²) >= 11 is 0. The number of nitrogens with two attached hydrogens (primary N) is 1. The highest BCUT2D eigenvalue weighted by Gasteiger charge is 2.16. The molecule has 0 spiro atoms. The van der Waals surface area contributed by atoms with E-state index in [2.05, 4.69) is 25.2 Å². The quantitative estimate of drug-likeness (QED) is 0.431. The van der Waals surface area contributed by atoms with Gasteiger partial charge in [0.15, 0.2) is 0 Å². The molecule has 3 aromatic rings. The molecule has 0 saturated carbocycles. The van der Waals surface area contributed by atoms with Crippen LogP contribution < -0.4 is 15.9 Å². The summed E-state index contributed by atoms with van der Waals surface area (Å²) < 4.78 is 32.5. The van der Waals surface area contributed by atoms with E-state index >= 15 is 0 Å². The van der Waals surface area contributed by atoms with Gasteiger partial charge in [-0.3, -0.25) is 0 Å². The van der Waals surface area contributed by atoms with Crippen LogP contribution in [-0.2, 0) is 10.0 Å². The third-order valence-corrected chi connectivity index (χ3v) is 4.58. The lowest BCUT2D eigenvalue weighted by molar-refractivity contribution is 0.249. The lowest BCUT2D eigenvalue weighted by atomic mass is 10.2. The standard InChI is InChI=1S/C16H14N6O4S/c17-15(23)21-20-10-12-4-7-14(26-12)11-2-5-13(6-3-11)27(24,25)22-16-18-8-1-9-19-16/h1-10H,(H3,17,21,23)(H,18,19,22)/b20-10+. The first-order chi connectivity index (χ1) is 12.9. The largest absolute Gasteiger partial charge is 0.455 e. The second-order valence-electron chi connectivity index (χ2n) is 5.14. The fourth-order valence-corrected chi connectivity index (χ4v) is 3.02. The van der Waals surface area contributed by atoms with E-state index in [1.165, 1.54) is 30.7 Å². The first-order valence-corrected chi connectivity index (χ1v) is 9.01. The van der Waals surface area contributed by atoms with Crippen LogP contribution in [0, 0.1) is 0 Å². The van der Waals surface area contributed by atoms with E-state index in [-0.39, 0.29) is 10.8 Å². The van der Waals surface area contributed by atoms with Crippen LogP contribution >= 0.6 is 0 Å². The number of primary amides is 1. The number of nitrogens with zero attached hydrogens (tertiary/aromatic N) is 3. The van der Waals surface area contributed by atoms with Gasteiger partial charge >= 0.3 is 6.03 Å². The van der Waals surface area contributed by atoms with Crippen molar-refractivity contribution in [3.05, 3.63) is 60.6 Å². The zero-order valence-corrected chi connectivity index (χ0v) is 14.6. The fraction of sp³-hybridized carbons (Fsp3) is 0. The monoisotopic (exact) mass is 386 g/mol. The van der Waals surface area contributed by atoms with Crippen molar-refractivity contribution in [2.24, 2.45) is 10.8 Å². The number of hydrogen-bond acceptors (Lipinski definition) is 7. The summed E-state index contributed by atoms with van der Waals surface area (Å²) in [7, 11) is -3.81. The molecule has 0 atom stereocenters. The number of nitrogens with one attached hydrogen (secondary N) is 2. The van der Waals surface area contributed by atoms with Gasteiger partial charge in [0.25, 0.3) is 10.0 Å². The van der Waals surface area contributed by atoms with Gasteiger partial charge in [-0.15, -0.1) is 0 Å². The normalized spacial score (nSPS) is 11.4. The average Bonchev–Trinajstić information content (AvgIpc) is 3.11. The molecule has 0 bridgehead atoms. The summed E-state index contributed by atoms with van der Waals surface area (Å²) in [5, 5.41) is 3.59. The number of carbonyl (C=O) groups excluding carboxylic acids is 1. The molecule has 3 rings (SSSR count). The lowest BCUT2D eigenvalue weighted by Crippen LogP contribution is -2.24. The van der Waals surface area contributed by atoms with Crippen LogP contribution in [0.25, 0.3) is 11.3 Å². The number of rotatable bonds is 6. The number of hydrazone groups is 1. The summed E-state index contributed by atoms with van der Waals surface area (Å²) in [5.74, 6) is 0.873. The number of amides is 2. The van der Waals surface area contributed by atoms with Crippen molar-refractivity contribution in [1.82, 2.24) is 15.4 Å². The Morgan fingerprint density at radius 1 is 1.11 bits per heavy atom. The van der Waals surface area contributed by atoms with Crippen molar-refractivity contribution in [1.29, 1.82) is 0 Å². The molecule has 27 heavy (non-hydrogen) atoms. The highest BCUT2D eigenvalue weighted by molar-refractivity contribution is 7.92. The number of sulfonamides is 1. The number of urea groups is 1. The second kappa shape index (κ2) is 7.66. The third kappa shape index (κ3) is 4.67. The van der Waals surface area contributed by atoms with E-state index in [1.54, 1.807) is 30.3 Å². The molecule has 11 heteroatoms. The van der Waals surface area contributed by atoms with Crippen molar-refractivity contribution in [3.8, 4) is 11.3 Å². The smallest absolute Gasteiger partial charge is 0.332 e. The van der Waals surface area contributed by atoms with Crippen molar-refractivity contribution in [2.75, 3.05) is 4.72 Å². The summed E-state index contributed by atoms with van der Waals surface area (Å²) in [4.78, 5) is 18.3. The molecule has 0 fully saturated rings. The SMILES string of the molecule is NC(=O)N/N=C/c1ccc(-c2ccc(S(=O)(=O)Nc3ncccn3)cc2)o1. The Morgan fingerprint density at radius 3 is 2.48 bits per heavy atom. The Kier molecular flexibility index (Phi) is 5.13. The zero-order valence-electron chi connectivity index (χ0n) is 13.7. The van der Waals surface area contributed by atoms with Crippen LogP contribution in [0.1, 0.15) is 5.76 Å². The maximum Gasteiger partial charge on any atom is 0.332 e. The molecule has 4 N–H and O–H groups in total. The lowest BCUT2D eigenvalue weighted by Gasteiger charge is -2.06. The molecule has 138 valence electrons. The van der Waals surface area contributed by atoms with E-state index in [9.17, 15) is 13.2 Å². The number of hydrogen-bond donors (Lipinski definition) is 3. The van der Waals surface area contributed by atoms with Crippen molar-refractivity contribution >= 4 is 28.2 Å². The molecule has 0 aliphatic carbocycles. The molecule has 0 aliphatic rings. The second-order valence-corrected chi connectivity index (χ2v) is 6.82. The summed E-state index contributed by atoms with van der Waals surface area (Å²) in [6.07, 6.45) is 4.16. The van der Waals surface area contributed by atoms with Crippen molar-refractivity contribution < 1.29 is 17.6 Å². The van der Waals surface area contributed by atoms with Crippen molar-refractivity contribution in [3.63, 3.8) is 0 Å². The Labute approximate surface area is 154 Å². The molecule has 0 radical (unpaired) electrons. The van der Waals surface area contributed by atoms with E-state index in [1.807, 2.05) is 0 Å².